The number of hydrogen-bond acceptors (Lipinski definition) is 2. The molecule has 0 amide bonds. The first-order chi connectivity index (χ1) is 17.9. The Morgan fingerprint density at radius 1 is 0.703 bits per heavy atom. The molecular weight excluding hydrogens is 479 g/mol. The van der Waals surface area contributed by atoms with Crippen LogP contribution in [-0.4, -0.2) is 27.4 Å². The zero-order chi connectivity index (χ0) is 26.4. The molecule has 1 heterocycles. The Hall–Kier alpha value is -2.64. The summed E-state index contributed by atoms with van der Waals surface area (Å²) in [5, 5.41) is 0. The van der Waals surface area contributed by atoms with Crippen molar-refractivity contribution in [3.8, 4) is 22.3 Å². The van der Waals surface area contributed by atoms with Crippen LogP contribution in [0.25, 0.3) is 22.3 Å². The molecule has 2 nitrogen and oxygen atoms in total. The van der Waals surface area contributed by atoms with Gasteiger partial charge in [-0.1, -0.05) is 87.5 Å². The maximum atomic E-state index is 15.1. The monoisotopic (exact) mass is 512 g/mol. The molecule has 0 unspecified atom stereocenters. The molecule has 4 rings (SSSR count). The van der Waals surface area contributed by atoms with Gasteiger partial charge in [0.2, 0.25) is 0 Å². The zero-order valence-electron chi connectivity index (χ0n) is 21.5. The summed E-state index contributed by atoms with van der Waals surface area (Å²) in [7, 11) is 1.76. The lowest BCUT2D eigenvalue weighted by molar-refractivity contribution is -0.190. The second-order valence-corrected chi connectivity index (χ2v) is 9.66. The molecule has 1 aliphatic rings. The van der Waals surface area contributed by atoms with Gasteiger partial charge < -0.3 is 9.47 Å². The first kappa shape index (κ1) is 27.4. The standard InChI is InChI=1S/C30H33BF4O2/c1-2-3-4-5-6-7-26-36-17-22(18-37-26)25-15-14-24(29(34)30(25)35)20-10-8-19(9-11-20)23-13-12-21(16-31)27(32)28(23)33/h8-15,22,26H,2-7,16-18,31H2,1H3. The van der Waals surface area contributed by atoms with E-state index in [9.17, 15) is 8.78 Å². The molecule has 3 aromatic carbocycles. The van der Waals surface area contributed by atoms with Crippen LogP contribution in [0.2, 0.25) is 0 Å². The van der Waals surface area contributed by atoms with Crippen molar-refractivity contribution in [1.82, 2.24) is 0 Å². The summed E-state index contributed by atoms with van der Waals surface area (Å²) in [5.74, 6) is -4.02. The van der Waals surface area contributed by atoms with Gasteiger partial charge in [0.25, 0.3) is 0 Å². The van der Waals surface area contributed by atoms with Gasteiger partial charge in [-0.05, 0) is 35.1 Å². The van der Waals surface area contributed by atoms with E-state index < -0.39 is 23.3 Å². The Morgan fingerprint density at radius 2 is 1.27 bits per heavy atom. The molecule has 0 radical (unpaired) electrons. The Bertz CT molecular complexity index is 1190. The van der Waals surface area contributed by atoms with Gasteiger partial charge in [-0.15, -0.1) is 0 Å². The minimum absolute atomic E-state index is 0.100. The van der Waals surface area contributed by atoms with Gasteiger partial charge in [-0.2, -0.15) is 0 Å². The number of hydrogen-bond donors (Lipinski definition) is 0. The van der Waals surface area contributed by atoms with Crippen LogP contribution in [0, 0.1) is 23.3 Å². The Kier molecular flexibility index (Phi) is 9.44. The van der Waals surface area contributed by atoms with Crippen LogP contribution in [0.4, 0.5) is 17.6 Å². The summed E-state index contributed by atoms with van der Waals surface area (Å²) >= 11 is 0. The summed E-state index contributed by atoms with van der Waals surface area (Å²) in [6, 6.07) is 12.5. The largest absolute Gasteiger partial charge is 0.352 e. The van der Waals surface area contributed by atoms with Crippen molar-refractivity contribution < 1.29 is 27.0 Å². The molecule has 0 spiro atoms. The predicted molar refractivity (Wildman–Crippen MR) is 141 cm³/mol. The first-order valence-electron chi connectivity index (χ1n) is 13.2. The summed E-state index contributed by atoms with van der Waals surface area (Å²) in [6.07, 6.45) is 6.69. The number of unbranched alkanes of at least 4 members (excludes halogenated alkanes) is 4. The highest BCUT2D eigenvalue weighted by molar-refractivity contribution is 6.08. The molecule has 0 bridgehead atoms. The second-order valence-electron chi connectivity index (χ2n) is 9.66. The maximum absolute atomic E-state index is 15.1. The summed E-state index contributed by atoms with van der Waals surface area (Å²) in [4.78, 5) is 0. The highest BCUT2D eigenvalue weighted by Gasteiger charge is 2.27. The molecule has 0 aliphatic carbocycles. The molecule has 0 atom stereocenters. The number of rotatable bonds is 10. The van der Waals surface area contributed by atoms with Gasteiger partial charge in [-0.3, -0.25) is 0 Å². The van der Waals surface area contributed by atoms with Crippen LogP contribution < -0.4 is 0 Å². The molecule has 7 heteroatoms. The quantitative estimate of drug-likeness (QED) is 0.159. The van der Waals surface area contributed by atoms with E-state index in [1.165, 1.54) is 25.3 Å². The fourth-order valence-corrected chi connectivity index (χ4v) is 4.82. The molecule has 0 aromatic heterocycles. The second kappa shape index (κ2) is 12.7. The van der Waals surface area contributed by atoms with Crippen molar-refractivity contribution in [3.05, 3.63) is 82.9 Å². The lowest BCUT2D eigenvalue weighted by atomic mass is 9.92. The van der Waals surface area contributed by atoms with E-state index in [4.69, 9.17) is 9.47 Å². The van der Waals surface area contributed by atoms with E-state index in [2.05, 4.69) is 6.92 Å². The number of benzene rings is 3. The van der Waals surface area contributed by atoms with Crippen molar-refractivity contribution in [2.75, 3.05) is 13.2 Å². The van der Waals surface area contributed by atoms with E-state index in [1.807, 2.05) is 0 Å². The zero-order valence-corrected chi connectivity index (χ0v) is 21.5. The van der Waals surface area contributed by atoms with Crippen LogP contribution in [0.3, 0.4) is 0 Å². The normalized spacial score (nSPS) is 17.8. The lowest BCUT2D eigenvalue weighted by Crippen LogP contribution is -2.31. The minimum Gasteiger partial charge on any atom is -0.352 e. The number of ether oxygens (including phenoxy) is 2. The van der Waals surface area contributed by atoms with Gasteiger partial charge in [0.15, 0.2) is 29.6 Å². The van der Waals surface area contributed by atoms with E-state index in [1.54, 1.807) is 50.3 Å². The van der Waals surface area contributed by atoms with Crippen LogP contribution in [0.1, 0.15) is 62.5 Å². The molecular formula is C30H33BF4O2. The van der Waals surface area contributed by atoms with Gasteiger partial charge in [0.05, 0.1) is 13.2 Å². The lowest BCUT2D eigenvalue weighted by Gasteiger charge is -2.30. The third-order valence-electron chi connectivity index (χ3n) is 7.11. The third-order valence-corrected chi connectivity index (χ3v) is 7.11. The third kappa shape index (κ3) is 6.27. The topological polar surface area (TPSA) is 18.5 Å². The molecule has 1 saturated heterocycles. The van der Waals surface area contributed by atoms with Crippen molar-refractivity contribution in [2.24, 2.45) is 0 Å². The fourth-order valence-electron chi connectivity index (χ4n) is 4.82. The predicted octanol–water partition coefficient (Wildman–Crippen LogP) is 7.53. The van der Waals surface area contributed by atoms with Crippen molar-refractivity contribution >= 4 is 7.85 Å². The van der Waals surface area contributed by atoms with Gasteiger partial charge >= 0.3 is 0 Å². The van der Waals surface area contributed by atoms with E-state index in [0.717, 1.165) is 19.3 Å². The van der Waals surface area contributed by atoms with Gasteiger partial charge in [0, 0.05) is 17.0 Å². The molecule has 1 aliphatic heterocycles. The van der Waals surface area contributed by atoms with E-state index in [-0.39, 0.29) is 42.1 Å². The van der Waals surface area contributed by atoms with Gasteiger partial charge in [0.1, 0.15) is 7.85 Å². The molecule has 1 fully saturated rings. The molecule has 0 N–H and O–H groups in total. The smallest absolute Gasteiger partial charge is 0.166 e. The fraction of sp³-hybridized carbons (Fsp3) is 0.400. The van der Waals surface area contributed by atoms with Crippen LogP contribution >= 0.6 is 0 Å². The van der Waals surface area contributed by atoms with E-state index >= 15 is 8.78 Å². The first-order valence-corrected chi connectivity index (χ1v) is 13.2. The average molecular weight is 512 g/mol. The van der Waals surface area contributed by atoms with Gasteiger partial charge in [-0.25, -0.2) is 17.6 Å². The highest BCUT2D eigenvalue weighted by Crippen LogP contribution is 2.34. The van der Waals surface area contributed by atoms with E-state index in [0.29, 0.717) is 23.0 Å². The van der Waals surface area contributed by atoms with Crippen molar-refractivity contribution in [2.45, 2.75) is 64.0 Å². The van der Waals surface area contributed by atoms with Crippen molar-refractivity contribution in [1.29, 1.82) is 0 Å². The molecule has 37 heavy (non-hydrogen) atoms. The average Bonchev–Trinajstić information content (AvgIpc) is 2.92. The summed E-state index contributed by atoms with van der Waals surface area (Å²) in [5.41, 5.74) is 1.66. The number of halogens is 4. The molecule has 0 saturated carbocycles. The minimum atomic E-state index is -0.951. The molecule has 3 aromatic rings. The molecule has 196 valence electrons. The Morgan fingerprint density at radius 3 is 1.86 bits per heavy atom. The van der Waals surface area contributed by atoms with Crippen LogP contribution in [0.5, 0.6) is 0 Å². The van der Waals surface area contributed by atoms with Crippen LogP contribution in [0.15, 0.2) is 48.5 Å². The summed E-state index contributed by atoms with van der Waals surface area (Å²) in [6.45, 7) is 2.74. The Balaban J connectivity index is 1.43. The summed E-state index contributed by atoms with van der Waals surface area (Å²) < 4.78 is 70.5. The SMILES string of the molecule is BCc1ccc(-c2ccc(-c3ccc(C4COC(CCCCCCC)OC4)c(F)c3F)cc2)c(F)c1F. The van der Waals surface area contributed by atoms with Crippen LogP contribution in [-0.2, 0) is 15.8 Å². The van der Waals surface area contributed by atoms with Crippen molar-refractivity contribution in [3.63, 3.8) is 0 Å². The highest BCUT2D eigenvalue weighted by atomic mass is 19.2. The Labute approximate surface area is 217 Å². The maximum Gasteiger partial charge on any atom is 0.166 e.